The van der Waals surface area contributed by atoms with E-state index in [0.29, 0.717) is 0 Å². The summed E-state index contributed by atoms with van der Waals surface area (Å²) in [6.07, 6.45) is -4.47. The summed E-state index contributed by atoms with van der Waals surface area (Å²) in [4.78, 5) is 14.1. The Labute approximate surface area is 123 Å². The van der Waals surface area contributed by atoms with Crippen molar-refractivity contribution in [2.75, 3.05) is 52.6 Å². The Kier molecular flexibility index (Phi) is 5.23. The average Bonchev–Trinajstić information content (AvgIpc) is 2.57. The molecular weight excluding hydrogens is 315 g/mol. The number of morpholine rings is 1. The Hall–Kier alpha value is -1.00. The molecular formula is C12H17F5N2O3. The third-order valence-corrected chi connectivity index (χ3v) is 3.46. The second kappa shape index (κ2) is 6.63. The van der Waals surface area contributed by atoms with Gasteiger partial charge >= 0.3 is 6.18 Å². The third kappa shape index (κ3) is 4.75. The molecule has 0 spiro atoms. The van der Waals surface area contributed by atoms with Crippen molar-refractivity contribution in [3.05, 3.63) is 0 Å². The first-order valence-corrected chi connectivity index (χ1v) is 6.81. The van der Waals surface area contributed by atoms with Gasteiger partial charge in [0.25, 0.3) is 5.92 Å². The van der Waals surface area contributed by atoms with Crippen molar-refractivity contribution in [3.63, 3.8) is 0 Å². The number of ether oxygens (including phenoxy) is 2. The van der Waals surface area contributed by atoms with Gasteiger partial charge in [-0.05, 0) is 0 Å². The largest absolute Gasteiger partial charge is 0.401 e. The van der Waals surface area contributed by atoms with Crippen LogP contribution in [0.25, 0.3) is 0 Å². The topological polar surface area (TPSA) is 42.0 Å². The molecule has 0 aromatic rings. The van der Waals surface area contributed by atoms with Gasteiger partial charge in [0.05, 0.1) is 32.9 Å². The monoisotopic (exact) mass is 332 g/mol. The van der Waals surface area contributed by atoms with Crippen LogP contribution in [0.3, 0.4) is 0 Å². The van der Waals surface area contributed by atoms with Gasteiger partial charge in [0.2, 0.25) is 5.91 Å². The molecule has 0 N–H and O–H groups in total. The number of amides is 1. The summed E-state index contributed by atoms with van der Waals surface area (Å²) < 4.78 is 74.4. The van der Waals surface area contributed by atoms with Crippen LogP contribution >= 0.6 is 0 Å². The summed E-state index contributed by atoms with van der Waals surface area (Å²) >= 11 is 0. The fourth-order valence-corrected chi connectivity index (χ4v) is 2.48. The van der Waals surface area contributed by atoms with Gasteiger partial charge in [-0.1, -0.05) is 0 Å². The number of rotatable bonds is 2. The lowest BCUT2D eigenvalue weighted by atomic mass is 10.1. The normalized spacial score (nSPS) is 27.5. The second-order valence-corrected chi connectivity index (χ2v) is 5.34. The zero-order chi connectivity index (χ0) is 16.4. The zero-order valence-electron chi connectivity index (χ0n) is 11.7. The first-order valence-electron chi connectivity index (χ1n) is 6.81. The SMILES string of the molecule is O=C(C1COCCN1CC(F)(F)F)N1CCOCC(F)(F)C1. The number of alkyl halides is 5. The van der Waals surface area contributed by atoms with Crippen molar-refractivity contribution in [1.29, 1.82) is 0 Å². The maximum absolute atomic E-state index is 13.5. The minimum atomic E-state index is -4.47. The Balaban J connectivity index is 2.07. The van der Waals surface area contributed by atoms with Gasteiger partial charge in [-0.25, -0.2) is 8.78 Å². The number of nitrogens with zero attached hydrogens (tertiary/aromatic N) is 2. The van der Waals surface area contributed by atoms with Crippen LogP contribution in [-0.4, -0.2) is 86.5 Å². The molecule has 0 aliphatic carbocycles. The van der Waals surface area contributed by atoms with Crippen LogP contribution in [0.1, 0.15) is 0 Å². The summed E-state index contributed by atoms with van der Waals surface area (Å²) in [7, 11) is 0. The van der Waals surface area contributed by atoms with E-state index < -0.39 is 43.7 Å². The molecule has 1 atom stereocenters. The van der Waals surface area contributed by atoms with Crippen LogP contribution in [-0.2, 0) is 14.3 Å². The molecule has 128 valence electrons. The highest BCUT2D eigenvalue weighted by atomic mass is 19.4. The molecule has 2 rings (SSSR count). The predicted octanol–water partition coefficient (Wildman–Crippen LogP) is 0.744. The number of hydrogen-bond acceptors (Lipinski definition) is 4. The molecule has 10 heteroatoms. The van der Waals surface area contributed by atoms with E-state index >= 15 is 0 Å². The van der Waals surface area contributed by atoms with Crippen LogP contribution in [0.5, 0.6) is 0 Å². The van der Waals surface area contributed by atoms with Crippen LogP contribution in [0.2, 0.25) is 0 Å². The van der Waals surface area contributed by atoms with E-state index in [2.05, 4.69) is 0 Å². The molecule has 2 aliphatic heterocycles. The molecule has 2 heterocycles. The van der Waals surface area contributed by atoms with Gasteiger partial charge in [-0.15, -0.1) is 0 Å². The molecule has 0 aromatic heterocycles. The lowest BCUT2D eigenvalue weighted by Gasteiger charge is -2.37. The molecule has 1 unspecified atom stereocenters. The molecule has 0 radical (unpaired) electrons. The number of carbonyl (C=O) groups excluding carboxylic acids is 1. The Bertz CT molecular complexity index is 405. The van der Waals surface area contributed by atoms with E-state index in [1.807, 2.05) is 0 Å². The maximum Gasteiger partial charge on any atom is 0.401 e. The van der Waals surface area contributed by atoms with Crippen molar-refractivity contribution in [3.8, 4) is 0 Å². The van der Waals surface area contributed by atoms with E-state index in [0.717, 1.165) is 9.80 Å². The van der Waals surface area contributed by atoms with Crippen molar-refractivity contribution in [2.24, 2.45) is 0 Å². The molecule has 2 fully saturated rings. The fraction of sp³-hybridized carbons (Fsp3) is 0.917. The maximum atomic E-state index is 13.5. The quantitative estimate of drug-likeness (QED) is 0.700. The zero-order valence-corrected chi connectivity index (χ0v) is 11.7. The summed E-state index contributed by atoms with van der Waals surface area (Å²) in [5, 5.41) is 0. The summed E-state index contributed by atoms with van der Waals surface area (Å²) in [6.45, 7) is -3.33. The van der Waals surface area contributed by atoms with Crippen molar-refractivity contribution in [2.45, 2.75) is 18.1 Å². The highest BCUT2D eigenvalue weighted by Crippen LogP contribution is 2.23. The molecule has 5 nitrogen and oxygen atoms in total. The Morgan fingerprint density at radius 3 is 2.55 bits per heavy atom. The van der Waals surface area contributed by atoms with E-state index in [9.17, 15) is 26.7 Å². The van der Waals surface area contributed by atoms with Crippen LogP contribution < -0.4 is 0 Å². The highest BCUT2D eigenvalue weighted by molar-refractivity contribution is 5.82. The van der Waals surface area contributed by atoms with E-state index in [1.165, 1.54) is 0 Å². The van der Waals surface area contributed by atoms with Gasteiger partial charge < -0.3 is 14.4 Å². The second-order valence-electron chi connectivity index (χ2n) is 5.34. The Morgan fingerprint density at radius 2 is 1.86 bits per heavy atom. The first-order chi connectivity index (χ1) is 10.2. The Morgan fingerprint density at radius 1 is 1.18 bits per heavy atom. The summed E-state index contributed by atoms with van der Waals surface area (Å²) in [5.74, 6) is -3.99. The lowest BCUT2D eigenvalue weighted by molar-refractivity contribution is -0.172. The molecule has 0 saturated carbocycles. The van der Waals surface area contributed by atoms with E-state index in [4.69, 9.17) is 9.47 Å². The average molecular weight is 332 g/mol. The van der Waals surface area contributed by atoms with Crippen molar-refractivity contribution < 1.29 is 36.2 Å². The van der Waals surface area contributed by atoms with E-state index in [-0.39, 0.29) is 32.9 Å². The van der Waals surface area contributed by atoms with Gasteiger partial charge in [0.1, 0.15) is 12.6 Å². The fourth-order valence-electron chi connectivity index (χ4n) is 2.48. The minimum Gasteiger partial charge on any atom is -0.378 e. The summed E-state index contributed by atoms with van der Waals surface area (Å²) in [6, 6.07) is -1.20. The molecule has 22 heavy (non-hydrogen) atoms. The highest BCUT2D eigenvalue weighted by Gasteiger charge is 2.42. The van der Waals surface area contributed by atoms with Crippen molar-refractivity contribution >= 4 is 5.91 Å². The smallest absolute Gasteiger partial charge is 0.378 e. The molecule has 2 saturated heterocycles. The van der Waals surface area contributed by atoms with Crippen LogP contribution in [0.4, 0.5) is 22.0 Å². The van der Waals surface area contributed by atoms with Gasteiger partial charge in [0.15, 0.2) is 0 Å². The number of halogens is 5. The lowest BCUT2D eigenvalue weighted by Crippen LogP contribution is -2.58. The van der Waals surface area contributed by atoms with Crippen LogP contribution in [0.15, 0.2) is 0 Å². The summed E-state index contributed by atoms with van der Waals surface area (Å²) in [5.41, 5.74) is 0. The number of carbonyl (C=O) groups is 1. The van der Waals surface area contributed by atoms with E-state index in [1.54, 1.807) is 0 Å². The molecule has 1 amide bonds. The third-order valence-electron chi connectivity index (χ3n) is 3.46. The molecule has 0 bridgehead atoms. The van der Waals surface area contributed by atoms with Gasteiger partial charge in [-0.2, -0.15) is 13.2 Å². The first kappa shape index (κ1) is 17.4. The molecule has 0 aromatic carbocycles. The van der Waals surface area contributed by atoms with Crippen molar-refractivity contribution in [1.82, 2.24) is 9.80 Å². The van der Waals surface area contributed by atoms with Gasteiger partial charge in [0, 0.05) is 13.1 Å². The predicted molar refractivity (Wildman–Crippen MR) is 64.6 cm³/mol. The van der Waals surface area contributed by atoms with Crippen LogP contribution in [0, 0.1) is 0 Å². The standard InChI is InChI=1S/C12H17F5N2O3/c13-11(14)6-19(2-4-22-8-11)10(20)9-5-21-3-1-18(9)7-12(15,16)17/h9H,1-8H2. The molecule has 2 aliphatic rings. The van der Waals surface area contributed by atoms with Gasteiger partial charge in [-0.3, -0.25) is 9.69 Å². The number of hydrogen-bond donors (Lipinski definition) is 0. The minimum absolute atomic E-state index is 0.0686.